The summed E-state index contributed by atoms with van der Waals surface area (Å²) in [5, 5.41) is 0. The van der Waals surface area contributed by atoms with Gasteiger partial charge in [0.05, 0.1) is 0 Å². The van der Waals surface area contributed by atoms with E-state index in [1.165, 1.54) is 0 Å². The first-order valence-corrected chi connectivity index (χ1v) is 0. The molecule has 0 unspecified atom stereocenters. The maximum absolute atomic E-state index is 0. The van der Waals surface area contributed by atoms with E-state index in [9.17, 15) is 0 Å². The molecule has 22 valence electrons. The van der Waals surface area contributed by atoms with Crippen molar-refractivity contribution in [2.45, 2.75) is 0 Å². The Balaban J connectivity index is 0. The van der Waals surface area contributed by atoms with Gasteiger partial charge in [-0.1, -0.05) is 0 Å². The van der Waals surface area contributed by atoms with Gasteiger partial charge in [0.25, 0.3) is 0 Å². The van der Waals surface area contributed by atoms with Gasteiger partial charge in [0.2, 0.25) is 0 Å². The maximum atomic E-state index is 0. The molecule has 0 heterocycles. The van der Waals surface area contributed by atoms with Gasteiger partial charge in [-0.2, -0.15) is 13.5 Å². The van der Waals surface area contributed by atoms with Crippen molar-refractivity contribution in [3.8, 4) is 0 Å². The summed E-state index contributed by atoms with van der Waals surface area (Å²) >= 11 is 0. The zero-order valence-corrected chi connectivity index (χ0v) is 12.4. The average Bonchev–Trinajstić information content (AvgIpc) is 0. The molecule has 0 aromatic rings. The van der Waals surface area contributed by atoms with Crippen LogP contribution in [0.4, 0.5) is 0 Å². The summed E-state index contributed by atoms with van der Waals surface area (Å²) in [7, 11) is 0. The van der Waals surface area contributed by atoms with Crippen molar-refractivity contribution in [1.29, 1.82) is 0 Å². The summed E-state index contributed by atoms with van der Waals surface area (Å²) in [6, 6.07) is 0. The fourth-order valence-corrected chi connectivity index (χ4v) is 0. The largest absolute Gasteiger partial charge is 2.00 e. The van der Waals surface area contributed by atoms with E-state index in [1.807, 2.05) is 0 Å². The maximum Gasteiger partial charge on any atom is 2.00 e. The Morgan fingerprint density at radius 3 is 1.25 bits per heavy atom. The summed E-state index contributed by atoms with van der Waals surface area (Å²) in [6.45, 7) is 0. The molecule has 0 radical (unpaired) electrons. The molecule has 0 aliphatic rings. The molecule has 0 aliphatic heterocycles. The van der Waals surface area contributed by atoms with Gasteiger partial charge in [0.15, 0.2) is 0 Å². The van der Waals surface area contributed by atoms with E-state index in [-0.39, 0.29) is 144 Å². The van der Waals surface area contributed by atoms with Crippen LogP contribution in [0.5, 0.6) is 0 Å². The first kappa shape index (κ1) is 23.5. The summed E-state index contributed by atoms with van der Waals surface area (Å²) < 4.78 is 0. The van der Waals surface area contributed by atoms with E-state index in [2.05, 4.69) is 0 Å². The molecular formula is H4CeSSmSr. The van der Waals surface area contributed by atoms with Crippen molar-refractivity contribution in [2.24, 2.45) is 0 Å². The minimum absolute atomic E-state index is 0. The van der Waals surface area contributed by atoms with Crippen LogP contribution in [0.1, 0.15) is 2.85 Å². The van der Waals surface area contributed by atoms with E-state index in [1.54, 1.807) is 0 Å². The molecule has 4 heavy (non-hydrogen) atoms. The molecule has 0 aliphatic carbocycles. The van der Waals surface area contributed by atoms with Crippen LogP contribution in [-0.2, 0) is 0 Å². The molecule has 0 nitrogen and oxygen atoms in total. The second-order valence-electron chi connectivity index (χ2n) is 0. The Kier molecular flexibility index (Phi) is 92.1. The first-order chi connectivity index (χ1) is 0. The molecule has 4 heteroatoms. The molecule has 0 saturated carbocycles. The molecule has 0 spiro atoms. The zero-order chi connectivity index (χ0) is 0. The topological polar surface area (TPSA) is 0 Å². The van der Waals surface area contributed by atoms with Crippen LogP contribution in [0, 0.1) is 82.1 Å². The predicted molar refractivity (Wildman–Crippen MR) is 18.4 cm³/mol. The van der Waals surface area contributed by atoms with Crippen LogP contribution in [-0.4, -0.2) is 45.5 Å². The Bertz CT molecular complexity index is 13.5. The predicted octanol–water partition coefficient (Wildman–Crippen LogP) is -0.0430. The minimum atomic E-state index is 0. The Morgan fingerprint density at radius 2 is 1.25 bits per heavy atom. The standard InChI is InChI=1S/Ce.H2S.Sm.Sr.2H/h;1H2;;;;/q;;;+2;2*-1. The third-order valence-electron chi connectivity index (χ3n) is 0. The first-order valence-electron chi connectivity index (χ1n) is 0. The third kappa shape index (κ3) is 9.74. The number of hydrogen-bond acceptors (Lipinski definition) is 0. The summed E-state index contributed by atoms with van der Waals surface area (Å²) in [5.41, 5.74) is 0. The molecule has 0 amide bonds. The SMILES string of the molecule is S.[Ce].[H-].[H-].[Sm].[Sr+2]. The normalized spacial score (nSPS) is 0. The molecule has 0 bridgehead atoms. The Labute approximate surface area is 139 Å². The van der Waals surface area contributed by atoms with E-state index >= 15 is 0 Å². The second-order valence-corrected chi connectivity index (χ2v) is 0. The third-order valence-corrected chi connectivity index (χ3v) is 0. The smallest absolute Gasteiger partial charge is 1.00 e. The summed E-state index contributed by atoms with van der Waals surface area (Å²) in [5.74, 6) is 0. The molecular weight excluding hydrogens is 410 g/mol. The van der Waals surface area contributed by atoms with Gasteiger partial charge < -0.3 is 2.85 Å². The van der Waals surface area contributed by atoms with Crippen LogP contribution in [0.2, 0.25) is 0 Å². The van der Waals surface area contributed by atoms with Gasteiger partial charge in [-0.05, 0) is 0 Å². The van der Waals surface area contributed by atoms with E-state index < -0.39 is 0 Å². The molecule has 0 saturated heterocycles. The summed E-state index contributed by atoms with van der Waals surface area (Å²) in [4.78, 5) is 0. The van der Waals surface area contributed by atoms with Gasteiger partial charge in [-0.3, -0.25) is 0 Å². The van der Waals surface area contributed by atoms with Crippen molar-refractivity contribution in [2.75, 3.05) is 0 Å². The van der Waals surface area contributed by atoms with Crippen molar-refractivity contribution in [3.63, 3.8) is 0 Å². The molecule has 0 fully saturated rings. The van der Waals surface area contributed by atoms with E-state index in [0.29, 0.717) is 0 Å². The zero-order valence-electron chi connectivity index (χ0n) is 4.12. The fraction of sp³-hybridized carbons (Fsp3) is 0. The van der Waals surface area contributed by atoms with Gasteiger partial charge in [0.1, 0.15) is 0 Å². The fourth-order valence-electron chi connectivity index (χ4n) is 0. The van der Waals surface area contributed by atoms with Crippen molar-refractivity contribution >= 4 is 59.0 Å². The van der Waals surface area contributed by atoms with Gasteiger partial charge in [-0.15, -0.1) is 0 Å². The Morgan fingerprint density at radius 1 is 1.25 bits per heavy atom. The average molecular weight is 414 g/mol. The number of hydrogen-bond donors (Lipinski definition) is 0. The van der Waals surface area contributed by atoms with Gasteiger partial charge in [0, 0.05) is 82.1 Å². The molecule has 0 N–H and O–H groups in total. The Hall–Kier alpha value is 4.54. The summed E-state index contributed by atoms with van der Waals surface area (Å²) in [6.07, 6.45) is 0. The van der Waals surface area contributed by atoms with Gasteiger partial charge >= 0.3 is 45.5 Å². The molecule has 0 aromatic heterocycles. The van der Waals surface area contributed by atoms with Gasteiger partial charge in [-0.25, -0.2) is 0 Å². The number of rotatable bonds is 0. The molecule has 0 rings (SSSR count). The van der Waals surface area contributed by atoms with Crippen molar-refractivity contribution in [3.05, 3.63) is 0 Å². The van der Waals surface area contributed by atoms with Crippen LogP contribution in [0.15, 0.2) is 0 Å². The van der Waals surface area contributed by atoms with E-state index in [4.69, 9.17) is 0 Å². The molecule has 0 atom stereocenters. The van der Waals surface area contributed by atoms with Crippen LogP contribution in [0.25, 0.3) is 0 Å². The second kappa shape index (κ2) is 15.6. The van der Waals surface area contributed by atoms with Crippen LogP contribution >= 0.6 is 13.5 Å². The van der Waals surface area contributed by atoms with Crippen LogP contribution in [0.3, 0.4) is 0 Å². The van der Waals surface area contributed by atoms with Crippen LogP contribution < -0.4 is 0 Å². The monoisotopic (exact) mass is 416 g/mol. The molecule has 0 aromatic carbocycles. The van der Waals surface area contributed by atoms with E-state index in [0.717, 1.165) is 0 Å². The minimum Gasteiger partial charge on any atom is -1.00 e. The van der Waals surface area contributed by atoms with Crippen molar-refractivity contribution in [1.82, 2.24) is 0 Å². The van der Waals surface area contributed by atoms with Crippen molar-refractivity contribution < 1.29 is 85.0 Å². The quantitative estimate of drug-likeness (QED) is 0.489.